The summed E-state index contributed by atoms with van der Waals surface area (Å²) >= 11 is 7.57. The molecule has 0 bridgehead atoms. The number of halogens is 2. The van der Waals surface area contributed by atoms with Crippen LogP contribution in [0.2, 0.25) is 5.02 Å². The van der Waals surface area contributed by atoms with Gasteiger partial charge in [0.05, 0.1) is 21.8 Å². The van der Waals surface area contributed by atoms with Crippen LogP contribution in [0.25, 0.3) is 11.3 Å². The summed E-state index contributed by atoms with van der Waals surface area (Å²) in [5.74, 6) is -0.312. The summed E-state index contributed by atoms with van der Waals surface area (Å²) in [4.78, 5) is 13.5. The van der Waals surface area contributed by atoms with Gasteiger partial charge < -0.3 is 10.6 Å². The summed E-state index contributed by atoms with van der Waals surface area (Å²) in [7, 11) is 1.82. The van der Waals surface area contributed by atoms with E-state index >= 15 is 0 Å². The molecule has 0 radical (unpaired) electrons. The lowest BCUT2D eigenvalue weighted by Gasteiger charge is -2.33. The molecule has 4 rings (SSSR count). The van der Waals surface area contributed by atoms with Crippen LogP contribution in [0, 0.1) is 5.82 Å². The predicted molar refractivity (Wildman–Crippen MR) is 109 cm³/mol. The highest BCUT2D eigenvalue weighted by atomic mass is 35.5. The zero-order chi connectivity index (χ0) is 19.7. The Morgan fingerprint density at radius 1 is 1.43 bits per heavy atom. The third-order valence-corrected chi connectivity index (χ3v) is 6.27. The van der Waals surface area contributed by atoms with Crippen LogP contribution in [0.3, 0.4) is 0 Å². The molecule has 0 spiro atoms. The number of carbonyl (C=O) groups is 1. The number of benzene rings is 1. The van der Waals surface area contributed by atoms with Crippen LogP contribution in [0.5, 0.6) is 0 Å². The molecule has 0 unspecified atom stereocenters. The number of nitrogens with zero attached hydrogens (tertiary/aromatic N) is 2. The average Bonchev–Trinajstić information content (AvgIpc) is 3.28. The van der Waals surface area contributed by atoms with Crippen molar-refractivity contribution in [3.63, 3.8) is 0 Å². The monoisotopic (exact) mass is 418 g/mol. The number of carbonyl (C=O) groups excluding carboxylic acids is 1. The van der Waals surface area contributed by atoms with E-state index < -0.39 is 0 Å². The van der Waals surface area contributed by atoms with Gasteiger partial charge in [-0.25, -0.2) is 4.39 Å². The SMILES string of the molecule is Cn1ncc(Cl)c1-c1csc(C(=O)N[C@@H]2CNCC[C@H]2c2cccc(F)c2)c1. The number of hydrogen-bond acceptors (Lipinski definition) is 4. The van der Waals surface area contributed by atoms with E-state index in [-0.39, 0.29) is 23.7 Å². The molecule has 0 aliphatic carbocycles. The highest BCUT2D eigenvalue weighted by Gasteiger charge is 2.28. The fraction of sp³-hybridized carbons (Fsp3) is 0.300. The maximum Gasteiger partial charge on any atom is 0.261 e. The second kappa shape index (κ2) is 8.03. The van der Waals surface area contributed by atoms with E-state index in [4.69, 9.17) is 11.6 Å². The minimum absolute atomic E-state index is 0.0758. The Morgan fingerprint density at radius 2 is 2.29 bits per heavy atom. The molecule has 1 saturated heterocycles. The fourth-order valence-corrected chi connectivity index (χ4v) is 4.77. The van der Waals surface area contributed by atoms with Crippen LogP contribution in [-0.4, -0.2) is 34.8 Å². The van der Waals surface area contributed by atoms with Crippen LogP contribution in [0.4, 0.5) is 4.39 Å². The van der Waals surface area contributed by atoms with Crippen molar-refractivity contribution in [2.45, 2.75) is 18.4 Å². The van der Waals surface area contributed by atoms with Crippen molar-refractivity contribution < 1.29 is 9.18 Å². The average molecular weight is 419 g/mol. The van der Waals surface area contributed by atoms with Crippen LogP contribution in [0.15, 0.2) is 41.9 Å². The standard InChI is InChI=1S/C20H20ClFN4OS/c1-26-19(16(21)9-24-26)13-8-18(28-11-13)20(27)25-17-10-23-6-5-15(17)12-3-2-4-14(22)7-12/h2-4,7-9,11,15,17,23H,5-6,10H2,1H3,(H,25,27)/t15-,17+/m0/s1. The van der Waals surface area contributed by atoms with Crippen molar-refractivity contribution in [3.05, 3.63) is 63.2 Å². The van der Waals surface area contributed by atoms with Crippen LogP contribution < -0.4 is 10.6 Å². The number of amides is 1. The normalized spacial score (nSPS) is 19.5. The summed E-state index contributed by atoms with van der Waals surface area (Å²) in [6.07, 6.45) is 2.43. The summed E-state index contributed by atoms with van der Waals surface area (Å²) in [5, 5.41) is 13.0. The lowest BCUT2D eigenvalue weighted by Crippen LogP contribution is -2.49. The summed E-state index contributed by atoms with van der Waals surface area (Å²) in [6.45, 7) is 1.49. The second-order valence-corrected chi connectivity index (χ2v) is 8.22. The molecular formula is C20H20ClFN4OS. The van der Waals surface area contributed by atoms with Gasteiger partial charge in [-0.3, -0.25) is 9.48 Å². The largest absolute Gasteiger partial charge is 0.347 e. The molecule has 0 saturated carbocycles. The van der Waals surface area contributed by atoms with Gasteiger partial charge in [0.1, 0.15) is 5.82 Å². The first-order valence-corrected chi connectivity index (χ1v) is 10.3. The predicted octanol–water partition coefficient (Wildman–Crippen LogP) is 3.82. The van der Waals surface area contributed by atoms with Crippen molar-refractivity contribution in [2.75, 3.05) is 13.1 Å². The lowest BCUT2D eigenvalue weighted by atomic mass is 9.86. The molecule has 28 heavy (non-hydrogen) atoms. The van der Waals surface area contributed by atoms with Crippen molar-refractivity contribution >= 4 is 28.8 Å². The van der Waals surface area contributed by atoms with Gasteiger partial charge in [-0.2, -0.15) is 5.10 Å². The molecule has 3 aromatic rings. The second-order valence-electron chi connectivity index (χ2n) is 6.90. The van der Waals surface area contributed by atoms with Crippen LogP contribution in [-0.2, 0) is 7.05 Å². The Morgan fingerprint density at radius 3 is 3.04 bits per heavy atom. The molecule has 2 atom stereocenters. The van der Waals surface area contributed by atoms with E-state index in [1.165, 1.54) is 17.4 Å². The molecule has 1 aromatic carbocycles. The molecule has 1 fully saturated rings. The highest BCUT2D eigenvalue weighted by molar-refractivity contribution is 7.12. The van der Waals surface area contributed by atoms with Gasteiger partial charge in [-0.05, 0) is 36.7 Å². The molecular weight excluding hydrogens is 399 g/mol. The molecule has 5 nitrogen and oxygen atoms in total. The smallest absolute Gasteiger partial charge is 0.261 e. The zero-order valence-electron chi connectivity index (χ0n) is 15.3. The van der Waals surface area contributed by atoms with Gasteiger partial charge in [0.2, 0.25) is 0 Å². The van der Waals surface area contributed by atoms with Gasteiger partial charge in [0.25, 0.3) is 5.91 Å². The Hall–Kier alpha value is -2.22. The van der Waals surface area contributed by atoms with Gasteiger partial charge in [-0.1, -0.05) is 23.7 Å². The maximum atomic E-state index is 13.7. The van der Waals surface area contributed by atoms with Crippen LogP contribution >= 0.6 is 22.9 Å². The number of thiophene rings is 1. The van der Waals surface area contributed by atoms with E-state index in [0.717, 1.165) is 29.8 Å². The van der Waals surface area contributed by atoms with Crippen molar-refractivity contribution in [2.24, 2.45) is 7.05 Å². The number of piperidine rings is 1. The van der Waals surface area contributed by atoms with Gasteiger partial charge >= 0.3 is 0 Å². The first-order valence-electron chi connectivity index (χ1n) is 9.06. The lowest BCUT2D eigenvalue weighted by molar-refractivity contribution is 0.0928. The van der Waals surface area contributed by atoms with E-state index in [0.29, 0.717) is 16.4 Å². The van der Waals surface area contributed by atoms with Crippen LogP contribution in [0.1, 0.15) is 27.6 Å². The molecule has 8 heteroatoms. The maximum absolute atomic E-state index is 13.7. The molecule has 3 heterocycles. The van der Waals surface area contributed by atoms with E-state index in [1.54, 1.807) is 23.0 Å². The summed E-state index contributed by atoms with van der Waals surface area (Å²) < 4.78 is 15.4. The summed E-state index contributed by atoms with van der Waals surface area (Å²) in [5.41, 5.74) is 2.57. The third-order valence-electron chi connectivity index (χ3n) is 5.07. The Kier molecular flexibility index (Phi) is 5.48. The van der Waals surface area contributed by atoms with Gasteiger partial charge in [-0.15, -0.1) is 11.3 Å². The fourth-order valence-electron chi connectivity index (χ4n) is 3.70. The Balaban J connectivity index is 1.52. The molecule has 146 valence electrons. The number of nitrogens with one attached hydrogen (secondary N) is 2. The molecule has 2 aromatic heterocycles. The van der Waals surface area contributed by atoms with Crippen molar-refractivity contribution in [1.29, 1.82) is 0 Å². The van der Waals surface area contributed by atoms with Crippen molar-refractivity contribution in [1.82, 2.24) is 20.4 Å². The minimum atomic E-state index is -0.253. The minimum Gasteiger partial charge on any atom is -0.347 e. The number of aromatic nitrogens is 2. The summed E-state index contributed by atoms with van der Waals surface area (Å²) in [6, 6.07) is 8.36. The van der Waals surface area contributed by atoms with E-state index in [2.05, 4.69) is 15.7 Å². The van der Waals surface area contributed by atoms with E-state index in [9.17, 15) is 9.18 Å². The van der Waals surface area contributed by atoms with E-state index in [1.807, 2.05) is 24.6 Å². The first-order chi connectivity index (χ1) is 13.5. The topological polar surface area (TPSA) is 59.0 Å². The van der Waals surface area contributed by atoms with Gasteiger partial charge in [0.15, 0.2) is 0 Å². The highest BCUT2D eigenvalue weighted by Crippen LogP contribution is 2.31. The Bertz CT molecular complexity index is 982. The number of hydrogen-bond donors (Lipinski definition) is 2. The molecule has 1 aliphatic rings. The first kappa shape index (κ1) is 19.1. The molecule has 1 amide bonds. The number of aryl methyl sites for hydroxylation is 1. The Labute approximate surface area is 171 Å². The molecule has 1 aliphatic heterocycles. The number of rotatable bonds is 4. The molecule has 2 N–H and O–H groups in total. The van der Waals surface area contributed by atoms with Crippen molar-refractivity contribution in [3.8, 4) is 11.3 Å². The third kappa shape index (κ3) is 3.83. The zero-order valence-corrected chi connectivity index (χ0v) is 16.9. The van der Waals surface area contributed by atoms with Gasteiger partial charge in [0, 0.05) is 36.5 Å². The quantitative estimate of drug-likeness (QED) is 0.677.